The minimum atomic E-state index is -0.178. The summed E-state index contributed by atoms with van der Waals surface area (Å²) in [5, 5.41) is 0.443. The van der Waals surface area contributed by atoms with E-state index in [0.717, 1.165) is 5.56 Å². The third kappa shape index (κ3) is 3.07. The molecule has 0 aromatic carbocycles. The highest BCUT2D eigenvalue weighted by molar-refractivity contribution is 7.20. The van der Waals surface area contributed by atoms with Crippen molar-refractivity contribution in [3.05, 3.63) is 69.3 Å². The molecule has 0 radical (unpaired) electrons. The zero-order valence-electron chi connectivity index (χ0n) is 16.2. The molecule has 4 aromatic rings. The van der Waals surface area contributed by atoms with E-state index >= 15 is 0 Å². The quantitative estimate of drug-likeness (QED) is 0.495. The molecule has 0 spiro atoms. The fourth-order valence-electron chi connectivity index (χ4n) is 3.63. The van der Waals surface area contributed by atoms with Gasteiger partial charge >= 0.3 is 0 Å². The second-order valence-electron chi connectivity index (χ2n) is 7.24. The van der Waals surface area contributed by atoms with E-state index in [1.807, 2.05) is 13.0 Å². The van der Waals surface area contributed by atoms with Crippen LogP contribution in [0, 0.1) is 6.92 Å². The molecule has 1 aliphatic heterocycles. The maximum absolute atomic E-state index is 13.0. The van der Waals surface area contributed by atoms with Gasteiger partial charge in [-0.05, 0) is 36.8 Å². The zero-order chi connectivity index (χ0) is 20.8. The first-order valence-electron chi connectivity index (χ1n) is 9.56. The van der Waals surface area contributed by atoms with Gasteiger partial charge in [0.1, 0.15) is 10.5 Å². The zero-order valence-corrected chi connectivity index (χ0v) is 17.0. The number of nitrogens with zero attached hydrogens (tertiary/aromatic N) is 4. The molecule has 0 saturated carbocycles. The predicted octanol–water partition coefficient (Wildman–Crippen LogP) is 2.41. The molecule has 0 N–H and O–H groups in total. The second-order valence-corrected chi connectivity index (χ2v) is 8.27. The Hall–Kier alpha value is -3.46. The van der Waals surface area contributed by atoms with E-state index < -0.39 is 0 Å². The minimum absolute atomic E-state index is 0.146. The van der Waals surface area contributed by atoms with Crippen molar-refractivity contribution >= 4 is 39.0 Å². The Labute approximate surface area is 175 Å². The van der Waals surface area contributed by atoms with Crippen molar-refractivity contribution in [3.8, 4) is 0 Å². The van der Waals surface area contributed by atoms with Crippen molar-refractivity contribution < 1.29 is 14.0 Å². The fourth-order valence-corrected chi connectivity index (χ4v) is 4.63. The van der Waals surface area contributed by atoms with Gasteiger partial charge in [0.2, 0.25) is 0 Å². The molecule has 0 aliphatic carbocycles. The number of piperazine rings is 1. The predicted molar refractivity (Wildman–Crippen MR) is 112 cm³/mol. The van der Waals surface area contributed by atoms with Gasteiger partial charge in [0.25, 0.3) is 17.4 Å². The summed E-state index contributed by atoms with van der Waals surface area (Å²) in [6.45, 7) is 3.62. The maximum Gasteiger partial charge on any atom is 0.289 e. The van der Waals surface area contributed by atoms with Gasteiger partial charge in [-0.2, -0.15) is 0 Å². The molecule has 1 fully saturated rings. The normalized spacial score (nSPS) is 14.6. The Morgan fingerprint density at radius 3 is 2.50 bits per heavy atom. The molecule has 4 aromatic heterocycles. The third-order valence-corrected chi connectivity index (χ3v) is 6.27. The lowest BCUT2D eigenvalue weighted by molar-refractivity contribution is 0.0520. The second kappa shape index (κ2) is 7.10. The van der Waals surface area contributed by atoms with Crippen molar-refractivity contribution in [2.45, 2.75) is 6.92 Å². The molecule has 0 atom stereocenters. The van der Waals surface area contributed by atoms with Crippen LogP contribution in [0.25, 0.3) is 15.9 Å². The molecule has 5 rings (SSSR count). The van der Waals surface area contributed by atoms with Gasteiger partial charge in [-0.25, -0.2) is 4.98 Å². The van der Waals surface area contributed by atoms with Crippen LogP contribution >= 0.6 is 11.3 Å². The summed E-state index contributed by atoms with van der Waals surface area (Å²) in [7, 11) is 0. The molecule has 152 valence electrons. The van der Waals surface area contributed by atoms with Crippen molar-refractivity contribution in [3.63, 3.8) is 0 Å². The highest BCUT2D eigenvalue weighted by Crippen LogP contribution is 2.24. The van der Waals surface area contributed by atoms with E-state index in [9.17, 15) is 14.4 Å². The van der Waals surface area contributed by atoms with Crippen LogP contribution in [-0.4, -0.2) is 57.2 Å². The van der Waals surface area contributed by atoms with E-state index in [1.54, 1.807) is 40.3 Å². The van der Waals surface area contributed by atoms with Gasteiger partial charge in [0.15, 0.2) is 5.76 Å². The molecule has 0 unspecified atom stereocenters. The van der Waals surface area contributed by atoms with Crippen LogP contribution in [0.1, 0.15) is 25.8 Å². The Balaban J connectivity index is 1.38. The van der Waals surface area contributed by atoms with Gasteiger partial charge in [-0.1, -0.05) is 6.07 Å². The van der Waals surface area contributed by atoms with E-state index in [-0.39, 0.29) is 17.4 Å². The number of hydrogen-bond donors (Lipinski definition) is 0. The van der Waals surface area contributed by atoms with Crippen molar-refractivity contribution in [2.75, 3.05) is 26.2 Å². The first-order chi connectivity index (χ1) is 14.5. The molecule has 0 bridgehead atoms. The number of aromatic nitrogens is 2. The molecule has 30 heavy (non-hydrogen) atoms. The van der Waals surface area contributed by atoms with Gasteiger partial charge in [-0.3, -0.25) is 18.8 Å². The number of furan rings is 1. The van der Waals surface area contributed by atoms with Crippen LogP contribution in [0.3, 0.4) is 0 Å². The molecule has 5 heterocycles. The standard InChI is InChI=1S/C21H18N4O4S/c1-13-4-5-17-22-18-14(19(26)25(17)12-13)11-16(30-18)21(28)24-8-6-23(7-9-24)20(27)15-3-2-10-29-15/h2-5,10-12H,6-9H2,1H3. The largest absolute Gasteiger partial charge is 0.459 e. The third-order valence-electron chi connectivity index (χ3n) is 5.25. The first kappa shape index (κ1) is 18.6. The summed E-state index contributed by atoms with van der Waals surface area (Å²) in [6, 6.07) is 8.64. The average Bonchev–Trinajstić information content (AvgIpc) is 3.44. The van der Waals surface area contributed by atoms with Gasteiger partial charge < -0.3 is 14.2 Å². The maximum atomic E-state index is 13.0. The van der Waals surface area contributed by atoms with Gasteiger partial charge in [-0.15, -0.1) is 11.3 Å². The lowest BCUT2D eigenvalue weighted by Gasteiger charge is -2.34. The molecule has 1 aliphatic rings. The van der Waals surface area contributed by atoms with Crippen LogP contribution < -0.4 is 5.56 Å². The molecular formula is C21H18N4O4S. The average molecular weight is 422 g/mol. The monoisotopic (exact) mass is 422 g/mol. The number of fused-ring (bicyclic) bond motifs is 2. The van der Waals surface area contributed by atoms with Crippen LogP contribution in [0.4, 0.5) is 0 Å². The molecular weight excluding hydrogens is 404 g/mol. The van der Waals surface area contributed by atoms with E-state index in [1.165, 1.54) is 22.0 Å². The van der Waals surface area contributed by atoms with E-state index in [4.69, 9.17) is 4.42 Å². The summed E-state index contributed by atoms with van der Waals surface area (Å²) in [6.07, 6.45) is 3.22. The van der Waals surface area contributed by atoms with Crippen LogP contribution in [-0.2, 0) is 0 Å². The van der Waals surface area contributed by atoms with Crippen LogP contribution in [0.15, 0.2) is 52.0 Å². The molecule has 9 heteroatoms. The molecule has 8 nitrogen and oxygen atoms in total. The number of thiophene rings is 1. The number of carbonyl (C=O) groups is 2. The summed E-state index contributed by atoms with van der Waals surface area (Å²) in [4.78, 5) is 47.2. The smallest absolute Gasteiger partial charge is 0.289 e. The Morgan fingerprint density at radius 1 is 1.07 bits per heavy atom. The van der Waals surface area contributed by atoms with E-state index in [2.05, 4.69) is 4.98 Å². The first-order valence-corrected chi connectivity index (χ1v) is 10.4. The van der Waals surface area contributed by atoms with E-state index in [0.29, 0.717) is 52.7 Å². The Kier molecular flexibility index (Phi) is 4.39. The Bertz CT molecular complexity index is 1330. The van der Waals surface area contributed by atoms with Crippen LogP contribution in [0.2, 0.25) is 0 Å². The fraction of sp³-hybridized carbons (Fsp3) is 0.238. The number of amides is 2. The number of aryl methyl sites for hydroxylation is 1. The van der Waals surface area contributed by atoms with Gasteiger partial charge in [0, 0.05) is 32.4 Å². The molecule has 2 amide bonds. The number of hydrogen-bond acceptors (Lipinski definition) is 6. The number of rotatable bonds is 2. The SMILES string of the molecule is Cc1ccc2nc3sc(C(=O)N4CCN(C(=O)c5ccco5)CC4)cc3c(=O)n2c1. The molecule has 1 saturated heterocycles. The number of carbonyl (C=O) groups excluding carboxylic acids is 2. The number of pyridine rings is 1. The highest BCUT2D eigenvalue weighted by atomic mass is 32.1. The van der Waals surface area contributed by atoms with Crippen molar-refractivity contribution in [1.29, 1.82) is 0 Å². The summed E-state index contributed by atoms with van der Waals surface area (Å²) < 4.78 is 6.68. The Morgan fingerprint density at radius 2 is 1.80 bits per heavy atom. The summed E-state index contributed by atoms with van der Waals surface area (Å²) in [5.41, 5.74) is 1.34. The van der Waals surface area contributed by atoms with Crippen LogP contribution in [0.5, 0.6) is 0 Å². The van der Waals surface area contributed by atoms with Crippen molar-refractivity contribution in [2.24, 2.45) is 0 Å². The summed E-state index contributed by atoms with van der Waals surface area (Å²) in [5.74, 6) is -0.0194. The van der Waals surface area contributed by atoms with Crippen molar-refractivity contribution in [1.82, 2.24) is 19.2 Å². The topological polar surface area (TPSA) is 88.1 Å². The lowest BCUT2D eigenvalue weighted by Crippen LogP contribution is -2.50. The highest BCUT2D eigenvalue weighted by Gasteiger charge is 2.27. The lowest BCUT2D eigenvalue weighted by atomic mass is 10.2. The minimum Gasteiger partial charge on any atom is -0.459 e. The summed E-state index contributed by atoms with van der Waals surface area (Å²) >= 11 is 1.23. The van der Waals surface area contributed by atoms with Gasteiger partial charge in [0.05, 0.1) is 16.5 Å².